The van der Waals surface area contributed by atoms with Crippen LogP contribution in [0.25, 0.3) is 0 Å². The Bertz CT molecular complexity index is 132. The maximum atomic E-state index is 9.92. The highest BCUT2D eigenvalue weighted by Crippen LogP contribution is 2.13. The fourth-order valence-corrected chi connectivity index (χ4v) is 1.16. The van der Waals surface area contributed by atoms with E-state index in [9.17, 15) is 4.79 Å². The highest BCUT2D eigenvalue weighted by molar-refractivity contribution is 5.49. The molecule has 0 amide bonds. The summed E-state index contributed by atoms with van der Waals surface area (Å²) in [4.78, 5) is 9.92. The molecule has 0 radical (unpaired) electrons. The third-order valence-corrected chi connectivity index (χ3v) is 1.86. The Morgan fingerprint density at radius 2 is 2.38 bits per heavy atom. The minimum absolute atomic E-state index is 0.106. The summed E-state index contributed by atoms with van der Waals surface area (Å²) in [6, 6.07) is 0. The van der Waals surface area contributed by atoms with Gasteiger partial charge in [0.2, 0.25) is 0 Å². The lowest BCUT2D eigenvalue weighted by Crippen LogP contribution is -2.23. The average molecular weight is 188 g/mol. The Morgan fingerprint density at radius 1 is 1.46 bits per heavy atom. The van der Waals surface area contributed by atoms with E-state index in [-0.39, 0.29) is 13.1 Å². The van der Waals surface area contributed by atoms with Crippen molar-refractivity contribution < 1.29 is 19.0 Å². The van der Waals surface area contributed by atoms with Crippen LogP contribution in [0.4, 0.5) is 0 Å². The van der Waals surface area contributed by atoms with Crippen molar-refractivity contribution >= 4 is 6.29 Å². The van der Waals surface area contributed by atoms with Crippen molar-refractivity contribution in [3.05, 3.63) is 0 Å². The molecule has 0 aromatic carbocycles. The topological polar surface area (TPSA) is 44.8 Å². The van der Waals surface area contributed by atoms with E-state index in [2.05, 4.69) is 0 Å². The highest BCUT2D eigenvalue weighted by Gasteiger charge is 2.13. The van der Waals surface area contributed by atoms with Crippen LogP contribution in [-0.2, 0) is 19.0 Å². The number of ether oxygens (including phenoxy) is 3. The Kier molecular flexibility index (Phi) is 5.73. The molecule has 1 saturated heterocycles. The Balaban J connectivity index is 1.89. The molecule has 4 heteroatoms. The maximum absolute atomic E-state index is 9.92. The van der Waals surface area contributed by atoms with Gasteiger partial charge in [-0.2, -0.15) is 0 Å². The van der Waals surface area contributed by atoms with Gasteiger partial charge >= 0.3 is 0 Å². The molecule has 1 unspecified atom stereocenters. The van der Waals surface area contributed by atoms with Gasteiger partial charge in [-0.15, -0.1) is 0 Å². The smallest absolute Gasteiger partial charge is 0.160 e. The van der Waals surface area contributed by atoms with E-state index in [0.717, 1.165) is 32.2 Å². The molecule has 1 aliphatic heterocycles. The zero-order valence-electron chi connectivity index (χ0n) is 7.74. The quantitative estimate of drug-likeness (QED) is 0.355. The summed E-state index contributed by atoms with van der Waals surface area (Å²) >= 11 is 0. The van der Waals surface area contributed by atoms with Crippen molar-refractivity contribution in [2.75, 3.05) is 20.0 Å². The number of carbonyl (C=O) groups excluding carboxylic acids is 1. The standard InChI is InChI=1S/C9H16O4/c10-5-3-6-11-8-13-9-4-1-2-7-12-9/h5,9H,1-4,6-8H2. The first-order valence-corrected chi connectivity index (χ1v) is 4.68. The molecule has 76 valence electrons. The zero-order chi connectivity index (χ0) is 9.36. The minimum atomic E-state index is -0.106. The van der Waals surface area contributed by atoms with E-state index >= 15 is 0 Å². The molecule has 1 aliphatic rings. The van der Waals surface area contributed by atoms with Gasteiger partial charge in [0.15, 0.2) is 6.29 Å². The van der Waals surface area contributed by atoms with Crippen molar-refractivity contribution in [1.29, 1.82) is 0 Å². The van der Waals surface area contributed by atoms with Crippen molar-refractivity contribution in [3.8, 4) is 0 Å². The largest absolute Gasteiger partial charge is 0.355 e. The van der Waals surface area contributed by atoms with Gasteiger partial charge in [-0.3, -0.25) is 0 Å². The van der Waals surface area contributed by atoms with E-state index in [4.69, 9.17) is 14.2 Å². The second-order valence-corrected chi connectivity index (χ2v) is 2.94. The van der Waals surface area contributed by atoms with E-state index in [0.29, 0.717) is 13.0 Å². The first kappa shape index (κ1) is 10.6. The van der Waals surface area contributed by atoms with Crippen LogP contribution in [0, 0.1) is 0 Å². The summed E-state index contributed by atoms with van der Waals surface area (Å²) in [5.74, 6) is 0. The van der Waals surface area contributed by atoms with Gasteiger partial charge in [0.1, 0.15) is 13.1 Å². The van der Waals surface area contributed by atoms with Gasteiger partial charge in [-0.1, -0.05) is 0 Å². The molecular weight excluding hydrogens is 172 g/mol. The summed E-state index contributed by atoms with van der Waals surface area (Å²) in [5, 5.41) is 0. The molecule has 0 aromatic heterocycles. The van der Waals surface area contributed by atoms with Crippen molar-refractivity contribution in [2.24, 2.45) is 0 Å². The maximum Gasteiger partial charge on any atom is 0.160 e. The lowest BCUT2D eigenvalue weighted by atomic mass is 10.2. The molecule has 0 saturated carbocycles. The molecule has 0 spiro atoms. The van der Waals surface area contributed by atoms with Gasteiger partial charge in [0.05, 0.1) is 6.61 Å². The van der Waals surface area contributed by atoms with Gasteiger partial charge in [-0.25, -0.2) is 0 Å². The third kappa shape index (κ3) is 4.98. The van der Waals surface area contributed by atoms with Crippen molar-refractivity contribution in [2.45, 2.75) is 32.0 Å². The van der Waals surface area contributed by atoms with Gasteiger partial charge in [-0.05, 0) is 19.3 Å². The monoisotopic (exact) mass is 188 g/mol. The fraction of sp³-hybridized carbons (Fsp3) is 0.889. The summed E-state index contributed by atoms with van der Waals surface area (Å²) in [7, 11) is 0. The molecule has 0 N–H and O–H groups in total. The first-order valence-electron chi connectivity index (χ1n) is 4.68. The molecule has 1 heterocycles. The lowest BCUT2D eigenvalue weighted by molar-refractivity contribution is -0.208. The summed E-state index contributed by atoms with van der Waals surface area (Å²) in [6.07, 6.45) is 4.36. The second-order valence-electron chi connectivity index (χ2n) is 2.94. The minimum Gasteiger partial charge on any atom is -0.355 e. The second kappa shape index (κ2) is 7.00. The number of hydrogen-bond donors (Lipinski definition) is 0. The molecular formula is C9H16O4. The van der Waals surface area contributed by atoms with Crippen LogP contribution >= 0.6 is 0 Å². The van der Waals surface area contributed by atoms with E-state index in [1.54, 1.807) is 0 Å². The fourth-order valence-electron chi connectivity index (χ4n) is 1.16. The number of rotatable bonds is 6. The van der Waals surface area contributed by atoms with Crippen LogP contribution in [-0.4, -0.2) is 32.6 Å². The van der Waals surface area contributed by atoms with Crippen LogP contribution < -0.4 is 0 Å². The van der Waals surface area contributed by atoms with Crippen molar-refractivity contribution in [1.82, 2.24) is 0 Å². The molecule has 1 fully saturated rings. The van der Waals surface area contributed by atoms with Gasteiger partial charge in [0.25, 0.3) is 0 Å². The number of hydrogen-bond acceptors (Lipinski definition) is 4. The van der Waals surface area contributed by atoms with E-state index in [1.807, 2.05) is 0 Å². The molecule has 0 aliphatic carbocycles. The molecule has 1 atom stereocenters. The molecule has 13 heavy (non-hydrogen) atoms. The van der Waals surface area contributed by atoms with E-state index in [1.165, 1.54) is 0 Å². The number of aldehydes is 1. The first-order chi connectivity index (χ1) is 6.43. The Labute approximate surface area is 78.2 Å². The lowest BCUT2D eigenvalue weighted by Gasteiger charge is -2.22. The Morgan fingerprint density at radius 3 is 3.08 bits per heavy atom. The highest BCUT2D eigenvalue weighted by atomic mass is 16.7. The van der Waals surface area contributed by atoms with Crippen molar-refractivity contribution in [3.63, 3.8) is 0 Å². The molecule has 0 bridgehead atoms. The zero-order valence-corrected chi connectivity index (χ0v) is 7.74. The Hall–Kier alpha value is -0.450. The van der Waals surface area contributed by atoms with Crippen LogP contribution in [0.15, 0.2) is 0 Å². The summed E-state index contributed by atoms with van der Waals surface area (Å²) in [6.45, 7) is 1.42. The number of carbonyl (C=O) groups is 1. The van der Waals surface area contributed by atoms with Crippen LogP contribution in [0.3, 0.4) is 0 Å². The van der Waals surface area contributed by atoms with Crippen LogP contribution in [0.1, 0.15) is 25.7 Å². The predicted octanol–water partition coefficient (Wildman–Crippen LogP) is 1.09. The SMILES string of the molecule is O=CCCOCOC1CCCCO1. The average Bonchev–Trinajstić information content (AvgIpc) is 2.19. The molecule has 0 aromatic rings. The van der Waals surface area contributed by atoms with Crippen LogP contribution in [0.2, 0.25) is 0 Å². The molecule has 4 nitrogen and oxygen atoms in total. The summed E-state index contributed by atoms with van der Waals surface area (Å²) in [5.41, 5.74) is 0. The summed E-state index contributed by atoms with van der Waals surface area (Å²) < 4.78 is 15.6. The van der Waals surface area contributed by atoms with Crippen LogP contribution in [0.5, 0.6) is 0 Å². The predicted molar refractivity (Wildman–Crippen MR) is 46.2 cm³/mol. The van der Waals surface area contributed by atoms with Gasteiger partial charge < -0.3 is 19.0 Å². The third-order valence-electron chi connectivity index (χ3n) is 1.86. The van der Waals surface area contributed by atoms with E-state index < -0.39 is 0 Å². The van der Waals surface area contributed by atoms with Gasteiger partial charge in [0, 0.05) is 13.0 Å². The molecule has 1 rings (SSSR count). The normalized spacial score (nSPS) is 22.9.